The standard InChI is InChI=1S/C23H24N2/c1-16-14-19(17(2)25(16)20-10-6-5-7-11-20)15-22-18(3)24(4)23-13-9-8-12-21(22)23/h5-15,18H,1-4H3. The Bertz CT molecular complexity index is 947. The first-order valence-corrected chi connectivity index (χ1v) is 8.86. The average Bonchev–Trinajstić information content (AvgIpc) is 3.04. The number of anilines is 1. The van der Waals surface area contributed by atoms with Crippen LogP contribution in [-0.4, -0.2) is 17.7 Å². The highest BCUT2D eigenvalue weighted by Crippen LogP contribution is 2.40. The van der Waals surface area contributed by atoms with E-state index in [1.54, 1.807) is 0 Å². The molecular formula is C23H24N2. The van der Waals surface area contributed by atoms with Crippen LogP contribution < -0.4 is 4.90 Å². The van der Waals surface area contributed by atoms with Gasteiger partial charge in [-0.25, -0.2) is 0 Å². The Hall–Kier alpha value is -2.74. The van der Waals surface area contributed by atoms with Crippen LogP contribution >= 0.6 is 0 Å². The molecule has 0 fully saturated rings. The van der Waals surface area contributed by atoms with Crippen LogP contribution in [0, 0.1) is 13.8 Å². The Balaban J connectivity index is 1.84. The van der Waals surface area contributed by atoms with Crippen LogP contribution in [0.3, 0.4) is 0 Å². The molecule has 0 radical (unpaired) electrons. The normalized spacial score (nSPS) is 18.0. The van der Waals surface area contributed by atoms with E-state index >= 15 is 0 Å². The number of aryl methyl sites for hydroxylation is 1. The number of hydrogen-bond donors (Lipinski definition) is 0. The summed E-state index contributed by atoms with van der Waals surface area (Å²) < 4.78 is 2.33. The number of likely N-dealkylation sites (N-methyl/N-ethyl adjacent to an activating group) is 1. The number of aromatic nitrogens is 1. The zero-order chi connectivity index (χ0) is 17.6. The Morgan fingerprint density at radius 1 is 0.920 bits per heavy atom. The lowest BCUT2D eigenvalue weighted by Crippen LogP contribution is -2.23. The van der Waals surface area contributed by atoms with E-state index < -0.39 is 0 Å². The second kappa shape index (κ2) is 5.96. The number of rotatable bonds is 2. The van der Waals surface area contributed by atoms with Crippen molar-refractivity contribution in [1.82, 2.24) is 4.57 Å². The maximum atomic E-state index is 2.37. The second-order valence-electron chi connectivity index (χ2n) is 6.90. The first kappa shape index (κ1) is 15.8. The van der Waals surface area contributed by atoms with Gasteiger partial charge < -0.3 is 9.47 Å². The van der Waals surface area contributed by atoms with E-state index in [1.165, 1.54) is 39.5 Å². The summed E-state index contributed by atoms with van der Waals surface area (Å²) in [5.41, 5.74) is 9.14. The molecule has 0 spiro atoms. The van der Waals surface area contributed by atoms with Crippen molar-refractivity contribution in [1.29, 1.82) is 0 Å². The largest absolute Gasteiger partial charge is 0.367 e. The molecule has 2 heterocycles. The van der Waals surface area contributed by atoms with Crippen molar-refractivity contribution in [3.05, 3.63) is 83.2 Å². The zero-order valence-corrected chi connectivity index (χ0v) is 15.3. The van der Waals surface area contributed by atoms with E-state index in [4.69, 9.17) is 0 Å². The van der Waals surface area contributed by atoms with Gasteiger partial charge in [0.05, 0.1) is 6.04 Å². The van der Waals surface area contributed by atoms with Gasteiger partial charge in [0, 0.05) is 35.4 Å². The Kier molecular flexibility index (Phi) is 3.76. The van der Waals surface area contributed by atoms with Gasteiger partial charge in [-0.3, -0.25) is 0 Å². The van der Waals surface area contributed by atoms with Crippen molar-refractivity contribution in [3.8, 4) is 5.69 Å². The fraction of sp³-hybridized carbons (Fsp3) is 0.217. The van der Waals surface area contributed by atoms with E-state index in [2.05, 4.69) is 104 Å². The molecule has 1 unspecified atom stereocenters. The number of hydrogen-bond acceptors (Lipinski definition) is 1. The Morgan fingerprint density at radius 3 is 2.36 bits per heavy atom. The summed E-state index contributed by atoms with van der Waals surface area (Å²) in [5, 5.41) is 0. The first-order chi connectivity index (χ1) is 12.1. The number of para-hydroxylation sites is 2. The van der Waals surface area contributed by atoms with E-state index in [9.17, 15) is 0 Å². The van der Waals surface area contributed by atoms with Crippen LogP contribution in [0.15, 0.2) is 60.7 Å². The monoisotopic (exact) mass is 328 g/mol. The molecule has 25 heavy (non-hydrogen) atoms. The van der Waals surface area contributed by atoms with Gasteiger partial charge in [-0.1, -0.05) is 36.4 Å². The fourth-order valence-electron chi connectivity index (χ4n) is 3.94. The van der Waals surface area contributed by atoms with Crippen molar-refractivity contribution in [2.45, 2.75) is 26.8 Å². The van der Waals surface area contributed by atoms with Crippen LogP contribution in [0.5, 0.6) is 0 Å². The van der Waals surface area contributed by atoms with Gasteiger partial charge in [0.25, 0.3) is 0 Å². The maximum absolute atomic E-state index is 2.37. The minimum Gasteiger partial charge on any atom is -0.367 e. The average molecular weight is 328 g/mol. The fourth-order valence-corrected chi connectivity index (χ4v) is 3.94. The van der Waals surface area contributed by atoms with E-state index in [1.807, 2.05) is 0 Å². The van der Waals surface area contributed by atoms with Crippen molar-refractivity contribution in [2.24, 2.45) is 0 Å². The second-order valence-corrected chi connectivity index (χ2v) is 6.90. The molecule has 0 aliphatic carbocycles. The summed E-state index contributed by atoms with van der Waals surface area (Å²) in [6, 6.07) is 22.0. The van der Waals surface area contributed by atoms with Gasteiger partial charge >= 0.3 is 0 Å². The van der Waals surface area contributed by atoms with Crippen LogP contribution in [0.1, 0.15) is 29.4 Å². The van der Waals surface area contributed by atoms with E-state index in [0.29, 0.717) is 6.04 Å². The molecule has 0 N–H and O–H groups in total. The molecule has 2 heteroatoms. The van der Waals surface area contributed by atoms with Gasteiger partial charge in [0.1, 0.15) is 0 Å². The van der Waals surface area contributed by atoms with Crippen molar-refractivity contribution in [2.75, 3.05) is 11.9 Å². The highest BCUT2D eigenvalue weighted by molar-refractivity contribution is 5.95. The van der Waals surface area contributed by atoms with Gasteiger partial charge in [-0.2, -0.15) is 0 Å². The molecule has 1 aliphatic rings. The summed E-state index contributed by atoms with van der Waals surface area (Å²) in [7, 11) is 2.18. The number of fused-ring (bicyclic) bond motifs is 1. The molecule has 0 saturated heterocycles. The quantitative estimate of drug-likeness (QED) is 0.605. The molecule has 126 valence electrons. The predicted octanol–water partition coefficient (Wildman–Crippen LogP) is 5.47. The van der Waals surface area contributed by atoms with Crippen molar-refractivity contribution >= 4 is 17.3 Å². The topological polar surface area (TPSA) is 8.17 Å². The van der Waals surface area contributed by atoms with Gasteiger partial charge in [0.15, 0.2) is 0 Å². The smallest absolute Gasteiger partial charge is 0.0518 e. The summed E-state index contributed by atoms with van der Waals surface area (Å²) in [6.45, 7) is 6.67. The summed E-state index contributed by atoms with van der Waals surface area (Å²) in [6.07, 6.45) is 2.37. The van der Waals surface area contributed by atoms with Crippen molar-refractivity contribution < 1.29 is 0 Å². The maximum Gasteiger partial charge on any atom is 0.0518 e. The van der Waals surface area contributed by atoms with E-state index in [0.717, 1.165) is 0 Å². The third-order valence-corrected chi connectivity index (χ3v) is 5.42. The molecule has 2 aromatic carbocycles. The third kappa shape index (κ3) is 2.49. The summed E-state index contributed by atoms with van der Waals surface area (Å²) >= 11 is 0. The number of benzene rings is 2. The Labute approximate surface area is 150 Å². The van der Waals surface area contributed by atoms with E-state index in [-0.39, 0.29) is 0 Å². The van der Waals surface area contributed by atoms with Gasteiger partial charge in [-0.15, -0.1) is 0 Å². The molecule has 0 saturated carbocycles. The van der Waals surface area contributed by atoms with Gasteiger partial charge in [0.2, 0.25) is 0 Å². The molecule has 1 atom stereocenters. The molecule has 1 aromatic heterocycles. The third-order valence-electron chi connectivity index (χ3n) is 5.42. The highest BCUT2D eigenvalue weighted by atomic mass is 15.2. The summed E-state index contributed by atoms with van der Waals surface area (Å²) in [5.74, 6) is 0. The molecule has 0 amide bonds. The SMILES string of the molecule is Cc1cc(C=C2c3ccccc3N(C)C2C)c(C)n1-c1ccccc1. The van der Waals surface area contributed by atoms with Crippen LogP contribution in [0.4, 0.5) is 5.69 Å². The molecule has 3 aromatic rings. The highest BCUT2D eigenvalue weighted by Gasteiger charge is 2.27. The molecule has 2 nitrogen and oxygen atoms in total. The molecule has 4 rings (SSSR count). The Morgan fingerprint density at radius 2 is 1.60 bits per heavy atom. The zero-order valence-electron chi connectivity index (χ0n) is 15.3. The lowest BCUT2D eigenvalue weighted by atomic mass is 10.0. The predicted molar refractivity (Wildman–Crippen MR) is 107 cm³/mol. The lowest BCUT2D eigenvalue weighted by molar-refractivity contribution is 0.874. The lowest BCUT2D eigenvalue weighted by Gasteiger charge is -2.18. The van der Waals surface area contributed by atoms with Gasteiger partial charge in [-0.05, 0) is 62.2 Å². The van der Waals surface area contributed by atoms with Crippen LogP contribution in [0.2, 0.25) is 0 Å². The van der Waals surface area contributed by atoms with Crippen molar-refractivity contribution in [3.63, 3.8) is 0 Å². The number of nitrogens with zero attached hydrogens (tertiary/aromatic N) is 2. The molecular weight excluding hydrogens is 304 g/mol. The molecule has 0 bridgehead atoms. The molecule has 1 aliphatic heterocycles. The first-order valence-electron chi connectivity index (χ1n) is 8.86. The summed E-state index contributed by atoms with van der Waals surface area (Å²) in [4.78, 5) is 2.36. The van der Waals surface area contributed by atoms with Crippen LogP contribution in [-0.2, 0) is 0 Å². The minimum atomic E-state index is 0.386. The minimum absolute atomic E-state index is 0.386. The van der Waals surface area contributed by atoms with Crippen LogP contribution in [0.25, 0.3) is 17.3 Å².